The van der Waals surface area contributed by atoms with Crippen molar-refractivity contribution in [2.45, 2.75) is 6.18 Å². The highest BCUT2D eigenvalue weighted by atomic mass is 19.4. The number of aromatic nitrogens is 2. The van der Waals surface area contributed by atoms with Gasteiger partial charge in [0.25, 0.3) is 0 Å². The fourth-order valence-electron chi connectivity index (χ4n) is 1.86. The minimum Gasteiger partial charge on any atom is -0.476 e. The SMILES string of the molecule is C=Cc1c(N)nc(-c2ccc(C(F)(F)F)c(F)c2)nc1C(=O)O. The zero-order valence-electron chi connectivity index (χ0n) is 11.4. The number of carboxylic acid groups (broad SMARTS) is 1. The number of hydrogen-bond acceptors (Lipinski definition) is 4. The van der Waals surface area contributed by atoms with Gasteiger partial charge >= 0.3 is 12.1 Å². The predicted molar refractivity (Wildman–Crippen MR) is 73.9 cm³/mol. The van der Waals surface area contributed by atoms with Crippen LogP contribution in [0.4, 0.5) is 23.4 Å². The van der Waals surface area contributed by atoms with Gasteiger partial charge in [0.15, 0.2) is 11.5 Å². The summed E-state index contributed by atoms with van der Waals surface area (Å²) in [5.41, 5.74) is 3.48. The van der Waals surface area contributed by atoms with Crippen LogP contribution in [0, 0.1) is 5.82 Å². The molecular formula is C14H9F4N3O2. The quantitative estimate of drug-likeness (QED) is 0.845. The van der Waals surface area contributed by atoms with Gasteiger partial charge in [-0.2, -0.15) is 13.2 Å². The minimum absolute atomic E-state index is 0.0337. The minimum atomic E-state index is -4.85. The molecule has 3 N–H and O–H groups in total. The number of carboxylic acids is 1. The predicted octanol–water partition coefficient (Wildman–Crippen LogP) is 3.22. The smallest absolute Gasteiger partial charge is 0.419 e. The first-order valence-electron chi connectivity index (χ1n) is 6.05. The third kappa shape index (κ3) is 3.12. The fraction of sp³-hybridized carbons (Fsp3) is 0.0714. The highest BCUT2D eigenvalue weighted by Gasteiger charge is 2.34. The zero-order valence-corrected chi connectivity index (χ0v) is 11.4. The molecule has 0 aliphatic heterocycles. The molecule has 5 nitrogen and oxygen atoms in total. The van der Waals surface area contributed by atoms with E-state index >= 15 is 0 Å². The normalized spacial score (nSPS) is 11.3. The summed E-state index contributed by atoms with van der Waals surface area (Å²) < 4.78 is 51.2. The molecule has 1 heterocycles. The molecule has 0 fully saturated rings. The first-order valence-corrected chi connectivity index (χ1v) is 6.05. The first-order chi connectivity index (χ1) is 10.6. The molecule has 0 atom stereocenters. The average molecular weight is 327 g/mol. The van der Waals surface area contributed by atoms with Crippen molar-refractivity contribution in [1.82, 2.24) is 9.97 Å². The molecule has 9 heteroatoms. The molecule has 0 saturated carbocycles. The number of halogens is 4. The van der Waals surface area contributed by atoms with E-state index in [1.54, 1.807) is 0 Å². The van der Waals surface area contributed by atoms with E-state index in [2.05, 4.69) is 16.5 Å². The molecule has 0 saturated heterocycles. The lowest BCUT2D eigenvalue weighted by molar-refractivity contribution is -0.139. The van der Waals surface area contributed by atoms with Gasteiger partial charge in [0, 0.05) is 11.1 Å². The van der Waals surface area contributed by atoms with Crippen molar-refractivity contribution < 1.29 is 27.5 Å². The van der Waals surface area contributed by atoms with Gasteiger partial charge in [-0.3, -0.25) is 0 Å². The Kier molecular flexibility index (Phi) is 4.04. The number of hydrogen-bond donors (Lipinski definition) is 2. The molecule has 0 radical (unpaired) electrons. The van der Waals surface area contributed by atoms with Crippen LogP contribution in [0.2, 0.25) is 0 Å². The van der Waals surface area contributed by atoms with E-state index in [0.717, 1.165) is 12.1 Å². The van der Waals surface area contributed by atoms with E-state index in [-0.39, 0.29) is 22.8 Å². The van der Waals surface area contributed by atoms with Crippen LogP contribution in [0.3, 0.4) is 0 Å². The molecule has 0 bridgehead atoms. The summed E-state index contributed by atoms with van der Waals surface area (Å²) in [6.45, 7) is 3.38. The molecule has 1 aromatic heterocycles. The van der Waals surface area contributed by atoms with Gasteiger partial charge in [-0.15, -0.1) is 0 Å². The summed E-state index contributed by atoms with van der Waals surface area (Å²) in [5.74, 6) is -3.50. The van der Waals surface area contributed by atoms with Crippen LogP contribution in [0.25, 0.3) is 17.5 Å². The largest absolute Gasteiger partial charge is 0.476 e. The maximum Gasteiger partial charge on any atom is 0.419 e. The van der Waals surface area contributed by atoms with Gasteiger partial charge in [0.05, 0.1) is 5.56 Å². The summed E-state index contributed by atoms with van der Waals surface area (Å²) in [5, 5.41) is 9.08. The second kappa shape index (κ2) is 5.67. The van der Waals surface area contributed by atoms with E-state index < -0.39 is 29.2 Å². The first kappa shape index (κ1) is 16.4. The Hall–Kier alpha value is -2.97. The van der Waals surface area contributed by atoms with Gasteiger partial charge in [-0.25, -0.2) is 19.2 Å². The van der Waals surface area contributed by atoms with Crippen LogP contribution in [0.1, 0.15) is 21.6 Å². The molecule has 0 spiro atoms. The Balaban J connectivity index is 2.62. The van der Waals surface area contributed by atoms with Gasteiger partial charge in [0.2, 0.25) is 0 Å². The van der Waals surface area contributed by atoms with Crippen LogP contribution >= 0.6 is 0 Å². The van der Waals surface area contributed by atoms with Gasteiger partial charge in [0.1, 0.15) is 11.6 Å². The van der Waals surface area contributed by atoms with Crippen molar-refractivity contribution in [3.05, 3.63) is 47.4 Å². The van der Waals surface area contributed by atoms with Gasteiger partial charge in [-0.1, -0.05) is 18.7 Å². The average Bonchev–Trinajstić information content (AvgIpc) is 2.44. The number of nitrogen functional groups attached to an aromatic ring is 1. The van der Waals surface area contributed by atoms with E-state index in [4.69, 9.17) is 10.8 Å². The summed E-state index contributed by atoms with van der Waals surface area (Å²) >= 11 is 0. The summed E-state index contributed by atoms with van der Waals surface area (Å²) in [6, 6.07) is 2.02. The molecule has 0 aliphatic rings. The van der Waals surface area contributed by atoms with Gasteiger partial charge in [-0.05, 0) is 12.1 Å². The number of aromatic carboxylic acids is 1. The fourth-order valence-corrected chi connectivity index (χ4v) is 1.86. The van der Waals surface area contributed by atoms with Crippen molar-refractivity contribution in [2.24, 2.45) is 0 Å². The number of nitrogens with zero attached hydrogens (tertiary/aromatic N) is 2. The van der Waals surface area contributed by atoms with Crippen LogP contribution in [-0.2, 0) is 6.18 Å². The zero-order chi connectivity index (χ0) is 17.4. The lowest BCUT2D eigenvalue weighted by Crippen LogP contribution is -2.11. The Morgan fingerprint density at radius 1 is 1.30 bits per heavy atom. The maximum absolute atomic E-state index is 13.6. The summed E-state index contributed by atoms with van der Waals surface area (Å²) in [6.07, 6.45) is -3.71. The Labute approximate surface area is 127 Å². The Morgan fingerprint density at radius 3 is 2.43 bits per heavy atom. The number of benzene rings is 1. The molecule has 23 heavy (non-hydrogen) atoms. The van der Waals surface area contributed by atoms with Crippen molar-refractivity contribution >= 4 is 17.9 Å². The van der Waals surface area contributed by atoms with E-state index in [1.165, 1.54) is 0 Å². The van der Waals surface area contributed by atoms with Crippen molar-refractivity contribution in [3.8, 4) is 11.4 Å². The van der Waals surface area contributed by atoms with Crippen molar-refractivity contribution in [2.75, 3.05) is 5.73 Å². The topological polar surface area (TPSA) is 89.1 Å². The molecular weight excluding hydrogens is 318 g/mol. The Bertz CT molecular complexity index is 803. The third-order valence-electron chi connectivity index (χ3n) is 2.91. The second-order valence-corrected chi connectivity index (χ2v) is 4.40. The molecule has 2 rings (SSSR count). The monoisotopic (exact) mass is 327 g/mol. The number of alkyl halides is 3. The van der Waals surface area contributed by atoms with Crippen LogP contribution in [0.5, 0.6) is 0 Å². The molecule has 2 aromatic rings. The lowest BCUT2D eigenvalue weighted by Gasteiger charge is -2.10. The standard InChI is InChI=1S/C14H9F4N3O2/c1-2-7-10(13(22)23)20-12(21-11(7)19)6-3-4-8(9(15)5-6)14(16,17)18/h2-5H,1H2,(H,22,23)(H2,19,20,21). The lowest BCUT2D eigenvalue weighted by atomic mass is 10.1. The third-order valence-corrected chi connectivity index (χ3v) is 2.91. The number of rotatable bonds is 3. The molecule has 120 valence electrons. The van der Waals surface area contributed by atoms with Crippen LogP contribution in [0.15, 0.2) is 24.8 Å². The maximum atomic E-state index is 13.6. The molecule has 0 unspecified atom stereocenters. The summed E-state index contributed by atoms with van der Waals surface area (Å²) in [7, 11) is 0. The van der Waals surface area contributed by atoms with E-state index in [0.29, 0.717) is 12.1 Å². The summed E-state index contributed by atoms with van der Waals surface area (Å²) in [4.78, 5) is 18.6. The molecule has 1 aromatic carbocycles. The van der Waals surface area contributed by atoms with E-state index in [9.17, 15) is 22.4 Å². The number of carbonyl (C=O) groups is 1. The molecule has 0 aliphatic carbocycles. The number of nitrogens with two attached hydrogens (primary N) is 1. The Morgan fingerprint density at radius 2 is 1.96 bits per heavy atom. The highest BCUT2D eigenvalue weighted by molar-refractivity contribution is 5.92. The van der Waals surface area contributed by atoms with Crippen LogP contribution < -0.4 is 5.73 Å². The van der Waals surface area contributed by atoms with E-state index in [1.807, 2.05) is 0 Å². The van der Waals surface area contributed by atoms with Crippen molar-refractivity contribution in [3.63, 3.8) is 0 Å². The number of anilines is 1. The second-order valence-electron chi connectivity index (χ2n) is 4.40. The molecule has 0 amide bonds. The van der Waals surface area contributed by atoms with Crippen LogP contribution in [-0.4, -0.2) is 21.0 Å². The highest BCUT2D eigenvalue weighted by Crippen LogP contribution is 2.33. The van der Waals surface area contributed by atoms with Crippen molar-refractivity contribution in [1.29, 1.82) is 0 Å². The van der Waals surface area contributed by atoms with Gasteiger partial charge < -0.3 is 10.8 Å².